The van der Waals surface area contributed by atoms with Crippen LogP contribution in [0.25, 0.3) is 0 Å². The highest BCUT2D eigenvalue weighted by Crippen LogP contribution is 2.17. The van der Waals surface area contributed by atoms with Gasteiger partial charge in [-0.25, -0.2) is 8.78 Å². The first-order chi connectivity index (χ1) is 13.3. The minimum atomic E-state index is -1.16. The van der Waals surface area contributed by atoms with Gasteiger partial charge in [0.1, 0.15) is 0 Å². The molecule has 0 aliphatic rings. The van der Waals surface area contributed by atoms with E-state index in [4.69, 9.17) is 4.74 Å². The molecule has 0 aliphatic carbocycles. The monoisotopic (exact) mass is 407 g/mol. The number of benzene rings is 2. The van der Waals surface area contributed by atoms with E-state index >= 15 is 0 Å². The van der Waals surface area contributed by atoms with Gasteiger partial charge in [-0.2, -0.15) is 0 Å². The van der Waals surface area contributed by atoms with Crippen molar-refractivity contribution in [2.45, 2.75) is 30.8 Å². The summed E-state index contributed by atoms with van der Waals surface area (Å²) in [5.74, 6) is -3.75. The van der Waals surface area contributed by atoms with E-state index < -0.39 is 29.6 Å². The second-order valence-electron chi connectivity index (χ2n) is 5.90. The van der Waals surface area contributed by atoms with Crippen LogP contribution in [0.4, 0.5) is 14.5 Å². The predicted octanol–water partition coefficient (Wildman–Crippen LogP) is 4.22. The topological polar surface area (TPSA) is 72.5 Å². The Labute approximate surface area is 165 Å². The highest BCUT2D eigenvalue weighted by molar-refractivity contribution is 7.98. The average molecular weight is 407 g/mol. The van der Waals surface area contributed by atoms with E-state index in [0.29, 0.717) is 5.56 Å². The van der Waals surface area contributed by atoms with Gasteiger partial charge in [0.2, 0.25) is 0 Å². The molecule has 2 aromatic rings. The maximum Gasteiger partial charge on any atom is 0.307 e. The smallest absolute Gasteiger partial charge is 0.307 e. The van der Waals surface area contributed by atoms with Gasteiger partial charge >= 0.3 is 5.97 Å². The van der Waals surface area contributed by atoms with Crippen LogP contribution in [0.5, 0.6) is 0 Å². The van der Waals surface area contributed by atoms with Crippen molar-refractivity contribution in [2.24, 2.45) is 0 Å². The molecule has 0 fully saturated rings. The van der Waals surface area contributed by atoms with E-state index in [-0.39, 0.29) is 24.3 Å². The first-order valence-electron chi connectivity index (χ1n) is 8.43. The summed E-state index contributed by atoms with van der Waals surface area (Å²) in [7, 11) is 0. The van der Waals surface area contributed by atoms with Gasteiger partial charge in [-0.05, 0) is 37.4 Å². The van der Waals surface area contributed by atoms with Crippen molar-refractivity contribution in [1.29, 1.82) is 0 Å². The zero-order valence-electron chi connectivity index (χ0n) is 15.3. The van der Waals surface area contributed by atoms with Gasteiger partial charge in [0.05, 0.1) is 6.42 Å². The molecular formula is C20H19F2NO4S. The molecule has 0 bridgehead atoms. The Hall–Kier alpha value is -2.74. The van der Waals surface area contributed by atoms with Crippen LogP contribution in [0.2, 0.25) is 0 Å². The van der Waals surface area contributed by atoms with Crippen molar-refractivity contribution >= 4 is 35.1 Å². The molecular weight excluding hydrogens is 388 g/mol. The third kappa shape index (κ3) is 6.16. The molecule has 8 heteroatoms. The number of ketones is 1. The number of anilines is 1. The molecule has 0 saturated carbocycles. The first kappa shape index (κ1) is 21.6. The second-order valence-corrected chi connectivity index (χ2v) is 6.78. The lowest BCUT2D eigenvalue weighted by molar-refractivity contribution is -0.153. The number of Topliss-reactive ketones (excluding diaryl/α,β-unsaturated/α-hetero) is 1. The lowest BCUT2D eigenvalue weighted by atomic mass is 10.1. The number of halogens is 2. The third-order valence-corrected chi connectivity index (χ3v) is 4.58. The van der Waals surface area contributed by atoms with E-state index in [1.807, 2.05) is 18.4 Å². The minimum Gasteiger partial charge on any atom is -0.453 e. The number of hydrogen-bond acceptors (Lipinski definition) is 5. The number of carbonyl (C=O) groups excluding carboxylic acids is 3. The number of thioether (sulfide) groups is 1. The number of carbonyl (C=O) groups is 3. The molecule has 0 radical (unpaired) electrons. The lowest BCUT2D eigenvalue weighted by Crippen LogP contribution is -2.30. The van der Waals surface area contributed by atoms with Crippen molar-refractivity contribution in [3.63, 3.8) is 0 Å². The molecule has 0 spiro atoms. The summed E-state index contributed by atoms with van der Waals surface area (Å²) in [6, 6.07) is 9.91. The average Bonchev–Trinajstić information content (AvgIpc) is 2.69. The molecule has 0 aromatic heterocycles. The van der Waals surface area contributed by atoms with Crippen molar-refractivity contribution in [3.05, 3.63) is 59.7 Å². The highest BCUT2D eigenvalue weighted by atomic mass is 32.2. The quantitative estimate of drug-likeness (QED) is 0.403. The molecule has 1 amide bonds. The van der Waals surface area contributed by atoms with Crippen molar-refractivity contribution in [1.82, 2.24) is 0 Å². The molecule has 0 aliphatic heterocycles. The van der Waals surface area contributed by atoms with Crippen LogP contribution in [0.1, 0.15) is 30.1 Å². The zero-order valence-corrected chi connectivity index (χ0v) is 16.1. The van der Waals surface area contributed by atoms with E-state index in [2.05, 4.69) is 5.32 Å². The van der Waals surface area contributed by atoms with Gasteiger partial charge in [-0.15, -0.1) is 11.8 Å². The summed E-state index contributed by atoms with van der Waals surface area (Å²) in [5, 5.41) is 2.32. The van der Waals surface area contributed by atoms with Crippen molar-refractivity contribution < 1.29 is 27.9 Å². The third-order valence-electron chi connectivity index (χ3n) is 3.83. The summed E-state index contributed by atoms with van der Waals surface area (Å²) in [4.78, 5) is 37.0. The Morgan fingerprint density at radius 2 is 1.71 bits per heavy atom. The molecule has 1 N–H and O–H groups in total. The maximum absolute atomic E-state index is 13.2. The zero-order chi connectivity index (χ0) is 20.7. The normalized spacial score (nSPS) is 11.6. The van der Waals surface area contributed by atoms with Crippen molar-refractivity contribution in [3.8, 4) is 0 Å². The molecule has 2 rings (SSSR count). The Morgan fingerprint density at radius 1 is 1.04 bits per heavy atom. The fourth-order valence-corrected chi connectivity index (χ4v) is 2.67. The summed E-state index contributed by atoms with van der Waals surface area (Å²) in [6.07, 6.45) is 0.550. The molecule has 148 valence electrons. The van der Waals surface area contributed by atoms with Crippen LogP contribution < -0.4 is 5.32 Å². The molecule has 28 heavy (non-hydrogen) atoms. The summed E-state index contributed by atoms with van der Waals surface area (Å²) in [6.45, 7) is 1.34. The number of esters is 1. The number of hydrogen-bond donors (Lipinski definition) is 1. The fourth-order valence-electron chi connectivity index (χ4n) is 2.26. The predicted molar refractivity (Wildman–Crippen MR) is 102 cm³/mol. The lowest BCUT2D eigenvalue weighted by Gasteiger charge is -2.13. The number of ether oxygens (including phenoxy) is 1. The molecule has 0 saturated heterocycles. The Kier molecular flexibility index (Phi) is 7.69. The van der Waals surface area contributed by atoms with E-state index in [9.17, 15) is 23.2 Å². The summed E-state index contributed by atoms with van der Waals surface area (Å²) >= 11 is 1.56. The summed E-state index contributed by atoms with van der Waals surface area (Å²) < 4.78 is 31.0. The number of amides is 1. The van der Waals surface area contributed by atoms with Gasteiger partial charge in [-0.1, -0.05) is 12.1 Å². The molecule has 0 unspecified atom stereocenters. The second kappa shape index (κ2) is 9.98. The van der Waals surface area contributed by atoms with Crippen LogP contribution >= 0.6 is 11.8 Å². The first-order valence-corrected chi connectivity index (χ1v) is 9.65. The van der Waals surface area contributed by atoms with Crippen LogP contribution in [-0.2, 0) is 14.3 Å². The highest BCUT2D eigenvalue weighted by Gasteiger charge is 2.19. The molecule has 5 nitrogen and oxygen atoms in total. The standard InChI is InChI=1S/C20H19F2NO4S/c1-12(20(26)23-14-5-8-16(21)17(22)11-14)27-19(25)10-9-18(24)13-3-6-15(28-2)7-4-13/h3-8,11-12H,9-10H2,1-2H3,(H,23,26)/t12-/m1/s1. The Morgan fingerprint density at radius 3 is 2.32 bits per heavy atom. The van der Waals surface area contributed by atoms with E-state index in [1.54, 1.807) is 23.9 Å². The number of rotatable bonds is 8. The summed E-state index contributed by atoms with van der Waals surface area (Å²) in [5.41, 5.74) is 0.533. The SMILES string of the molecule is CSc1ccc(C(=O)CCC(=O)O[C@H](C)C(=O)Nc2ccc(F)c(F)c2)cc1. The van der Waals surface area contributed by atoms with Crippen LogP contribution in [-0.4, -0.2) is 30.0 Å². The van der Waals surface area contributed by atoms with Crippen LogP contribution in [0.3, 0.4) is 0 Å². The van der Waals surface area contributed by atoms with Gasteiger partial charge in [0, 0.05) is 28.6 Å². The number of nitrogens with one attached hydrogen (secondary N) is 1. The largest absolute Gasteiger partial charge is 0.453 e. The van der Waals surface area contributed by atoms with Gasteiger partial charge < -0.3 is 10.1 Å². The Balaban J connectivity index is 1.81. The maximum atomic E-state index is 13.2. The molecule has 2 aromatic carbocycles. The van der Waals surface area contributed by atoms with Gasteiger partial charge in [0.25, 0.3) is 5.91 Å². The van der Waals surface area contributed by atoms with E-state index in [0.717, 1.165) is 17.0 Å². The molecule has 1 atom stereocenters. The van der Waals surface area contributed by atoms with Crippen LogP contribution in [0, 0.1) is 11.6 Å². The van der Waals surface area contributed by atoms with Gasteiger partial charge in [-0.3, -0.25) is 14.4 Å². The molecule has 0 heterocycles. The minimum absolute atomic E-state index is 0.0377. The van der Waals surface area contributed by atoms with Gasteiger partial charge in [0.15, 0.2) is 23.5 Å². The fraction of sp³-hybridized carbons (Fsp3) is 0.250. The Bertz CT molecular complexity index is 871. The van der Waals surface area contributed by atoms with E-state index in [1.165, 1.54) is 13.0 Å². The van der Waals surface area contributed by atoms with Crippen molar-refractivity contribution in [2.75, 3.05) is 11.6 Å². The van der Waals surface area contributed by atoms with Crippen LogP contribution in [0.15, 0.2) is 47.4 Å².